The molecule has 0 fully saturated rings. The summed E-state index contributed by atoms with van der Waals surface area (Å²) < 4.78 is 0.624. The van der Waals surface area contributed by atoms with Crippen molar-refractivity contribution in [1.29, 1.82) is 0 Å². The maximum atomic E-state index is 9.78. The van der Waals surface area contributed by atoms with E-state index in [2.05, 4.69) is 5.43 Å². The zero-order valence-corrected chi connectivity index (χ0v) is 5.64. The number of nitrogens with one attached hydrogen (secondary N) is 1. The van der Waals surface area contributed by atoms with Gasteiger partial charge in [-0.3, -0.25) is 4.59 Å². The number of carbonyl (C=O) groups is 1. The lowest BCUT2D eigenvalue weighted by Crippen LogP contribution is -2.48. The minimum Gasteiger partial charge on any atom is -0.302 e. The number of rotatable bonds is 3. The van der Waals surface area contributed by atoms with Gasteiger partial charge in [-0.2, -0.15) is 5.43 Å². The highest BCUT2D eigenvalue weighted by molar-refractivity contribution is 5.51. The number of quaternary nitrogens is 1. The fourth-order valence-electron chi connectivity index (χ4n) is 0.311. The second-order valence-electron chi connectivity index (χ2n) is 2.54. The van der Waals surface area contributed by atoms with Gasteiger partial charge in [-0.1, -0.05) is 0 Å². The van der Waals surface area contributed by atoms with Crippen LogP contribution in [0.5, 0.6) is 0 Å². The number of hydrogen-bond donors (Lipinski definition) is 1. The number of carbonyl (C=O) groups excluding carboxylic acids is 1. The third-order valence-electron chi connectivity index (χ3n) is 0.649. The molecule has 0 atom stereocenters. The molecular formula is C5H13N2O+. The number of aldehydes is 1. The van der Waals surface area contributed by atoms with Gasteiger partial charge >= 0.3 is 0 Å². The van der Waals surface area contributed by atoms with E-state index in [1.807, 2.05) is 21.1 Å². The third kappa shape index (κ3) is 5.59. The van der Waals surface area contributed by atoms with E-state index in [0.717, 1.165) is 6.29 Å². The quantitative estimate of drug-likeness (QED) is 0.304. The molecule has 0 saturated carbocycles. The third-order valence-corrected chi connectivity index (χ3v) is 0.649. The van der Waals surface area contributed by atoms with E-state index in [-0.39, 0.29) is 0 Å². The summed E-state index contributed by atoms with van der Waals surface area (Å²) in [6.07, 6.45) is 0.851. The second kappa shape index (κ2) is 2.79. The second-order valence-corrected chi connectivity index (χ2v) is 2.54. The van der Waals surface area contributed by atoms with Crippen molar-refractivity contribution in [2.24, 2.45) is 0 Å². The van der Waals surface area contributed by atoms with E-state index in [1.165, 1.54) is 0 Å². The first-order valence-corrected chi connectivity index (χ1v) is 2.56. The Morgan fingerprint density at radius 3 is 2.12 bits per heavy atom. The minimum absolute atomic E-state index is 0.420. The summed E-state index contributed by atoms with van der Waals surface area (Å²) in [5.41, 5.74) is 2.94. The van der Waals surface area contributed by atoms with Crippen molar-refractivity contribution in [3.05, 3.63) is 0 Å². The predicted octanol–water partition coefficient (Wildman–Crippen LogP) is -0.604. The van der Waals surface area contributed by atoms with Gasteiger partial charge < -0.3 is 4.79 Å². The summed E-state index contributed by atoms with van der Waals surface area (Å²) in [6, 6.07) is 0. The summed E-state index contributed by atoms with van der Waals surface area (Å²) in [4.78, 5) is 9.78. The Morgan fingerprint density at radius 2 is 2.00 bits per heavy atom. The molecule has 0 rings (SSSR count). The maximum absolute atomic E-state index is 9.78. The van der Waals surface area contributed by atoms with E-state index >= 15 is 0 Å². The van der Waals surface area contributed by atoms with E-state index in [1.54, 1.807) is 0 Å². The maximum Gasteiger partial charge on any atom is 0.139 e. The Morgan fingerprint density at radius 1 is 1.50 bits per heavy atom. The molecule has 0 aromatic carbocycles. The van der Waals surface area contributed by atoms with Crippen molar-refractivity contribution in [3.8, 4) is 0 Å². The van der Waals surface area contributed by atoms with Gasteiger partial charge in [0.15, 0.2) is 0 Å². The van der Waals surface area contributed by atoms with Crippen LogP contribution in [-0.4, -0.2) is 38.6 Å². The van der Waals surface area contributed by atoms with Crippen LogP contribution in [0.1, 0.15) is 0 Å². The first kappa shape index (κ1) is 7.59. The fraction of sp³-hybridized carbons (Fsp3) is 0.800. The van der Waals surface area contributed by atoms with Crippen LogP contribution in [0.15, 0.2) is 0 Å². The Labute approximate surface area is 49.9 Å². The number of nitrogens with zero attached hydrogens (tertiary/aromatic N) is 1. The van der Waals surface area contributed by atoms with Crippen molar-refractivity contribution in [1.82, 2.24) is 5.43 Å². The summed E-state index contributed by atoms with van der Waals surface area (Å²) in [6.45, 7) is 0.420. The Kier molecular flexibility index (Phi) is 2.65. The Hall–Kier alpha value is -0.410. The zero-order valence-electron chi connectivity index (χ0n) is 5.64. The highest BCUT2D eigenvalue weighted by Gasteiger charge is 2.02. The lowest BCUT2D eigenvalue weighted by Gasteiger charge is -2.22. The van der Waals surface area contributed by atoms with Gasteiger partial charge in [-0.15, -0.1) is 0 Å². The smallest absolute Gasteiger partial charge is 0.139 e. The molecule has 0 amide bonds. The van der Waals surface area contributed by atoms with Crippen molar-refractivity contribution in [2.75, 3.05) is 27.7 Å². The molecule has 3 nitrogen and oxygen atoms in total. The monoisotopic (exact) mass is 117 g/mol. The Bertz CT molecular complexity index is 75.0. The van der Waals surface area contributed by atoms with Crippen LogP contribution in [0, 0.1) is 0 Å². The zero-order chi connectivity index (χ0) is 6.62. The van der Waals surface area contributed by atoms with Crippen molar-refractivity contribution in [3.63, 3.8) is 0 Å². The van der Waals surface area contributed by atoms with Gasteiger partial charge in [-0.25, -0.2) is 0 Å². The standard InChI is InChI=1S/C5H13N2O/c1-7(2,3)6-4-5-8/h5-6H,4H2,1-3H3/q+1. The van der Waals surface area contributed by atoms with E-state index in [4.69, 9.17) is 0 Å². The van der Waals surface area contributed by atoms with Crippen LogP contribution in [-0.2, 0) is 4.79 Å². The SMILES string of the molecule is C[N+](C)(C)NCC=O. The summed E-state index contributed by atoms with van der Waals surface area (Å²) >= 11 is 0. The molecule has 0 bridgehead atoms. The molecule has 0 aliphatic rings. The molecule has 0 aromatic rings. The lowest BCUT2D eigenvalue weighted by molar-refractivity contribution is -0.914. The number of hydrogen-bond acceptors (Lipinski definition) is 2. The first-order valence-electron chi connectivity index (χ1n) is 2.56. The van der Waals surface area contributed by atoms with Gasteiger partial charge in [-0.05, 0) is 0 Å². The summed E-state index contributed by atoms with van der Waals surface area (Å²) in [7, 11) is 5.89. The highest BCUT2D eigenvalue weighted by Crippen LogP contribution is 1.76. The summed E-state index contributed by atoms with van der Waals surface area (Å²) in [5.74, 6) is 0. The minimum atomic E-state index is 0.420. The van der Waals surface area contributed by atoms with Crippen molar-refractivity contribution in [2.45, 2.75) is 0 Å². The molecule has 48 valence electrons. The summed E-state index contributed by atoms with van der Waals surface area (Å²) in [5, 5.41) is 0. The molecule has 8 heavy (non-hydrogen) atoms. The van der Waals surface area contributed by atoms with Crippen LogP contribution in [0.4, 0.5) is 0 Å². The first-order chi connectivity index (χ1) is 3.56. The van der Waals surface area contributed by atoms with E-state index in [9.17, 15) is 4.79 Å². The molecule has 0 radical (unpaired) electrons. The van der Waals surface area contributed by atoms with Gasteiger partial charge in [0.2, 0.25) is 0 Å². The van der Waals surface area contributed by atoms with Crippen LogP contribution in [0.25, 0.3) is 0 Å². The van der Waals surface area contributed by atoms with Gasteiger partial charge in [0.25, 0.3) is 0 Å². The topological polar surface area (TPSA) is 29.1 Å². The van der Waals surface area contributed by atoms with Crippen LogP contribution >= 0.6 is 0 Å². The fourth-order valence-corrected chi connectivity index (χ4v) is 0.311. The Balaban J connectivity index is 3.24. The molecule has 0 aliphatic heterocycles. The molecule has 0 unspecified atom stereocenters. The molecule has 0 aliphatic carbocycles. The largest absolute Gasteiger partial charge is 0.302 e. The van der Waals surface area contributed by atoms with Gasteiger partial charge in [0.05, 0.1) is 21.1 Å². The van der Waals surface area contributed by atoms with Crippen molar-refractivity contribution < 1.29 is 9.39 Å². The molecule has 0 heterocycles. The van der Waals surface area contributed by atoms with Gasteiger partial charge in [0.1, 0.15) is 12.8 Å². The highest BCUT2D eigenvalue weighted by atomic mass is 16.1. The molecule has 0 saturated heterocycles. The van der Waals surface area contributed by atoms with Crippen LogP contribution in [0.3, 0.4) is 0 Å². The van der Waals surface area contributed by atoms with Gasteiger partial charge in [0, 0.05) is 0 Å². The average molecular weight is 117 g/mol. The predicted molar refractivity (Wildman–Crippen MR) is 32.1 cm³/mol. The van der Waals surface area contributed by atoms with Crippen molar-refractivity contribution >= 4 is 6.29 Å². The molecule has 1 N–H and O–H groups in total. The normalized spacial score (nSPS) is 11.4. The molecule has 3 heteroatoms. The van der Waals surface area contributed by atoms with E-state index < -0.39 is 0 Å². The van der Waals surface area contributed by atoms with E-state index in [0.29, 0.717) is 11.1 Å². The average Bonchev–Trinajstić information content (AvgIpc) is 1.59. The molecule has 0 aromatic heterocycles. The molecule has 0 spiro atoms. The van der Waals surface area contributed by atoms with Crippen LogP contribution in [0.2, 0.25) is 0 Å². The molecular weight excluding hydrogens is 104 g/mol. The van der Waals surface area contributed by atoms with Crippen LogP contribution < -0.4 is 5.43 Å². The lowest BCUT2D eigenvalue weighted by atomic mass is 10.7.